The number of unbranched alkanes of at least 4 members (excludes halogenated alkanes) is 1. The van der Waals surface area contributed by atoms with Gasteiger partial charge in [-0.1, -0.05) is 35.5 Å². The number of carbonyl (C=O) groups is 14. The summed E-state index contributed by atoms with van der Waals surface area (Å²) < 4.78 is 12.2. The molecule has 0 saturated carbocycles. The van der Waals surface area contributed by atoms with Crippen molar-refractivity contribution in [3.05, 3.63) is 113 Å². The number of phenolic OH excluding ortho intramolecular Hbond substituents is 2. The molecule has 11 atom stereocenters. The van der Waals surface area contributed by atoms with Crippen LogP contribution in [0.3, 0.4) is 0 Å². The average molecular weight is 1590 g/mol. The minimum Gasteiger partial charge on any atom is -0.508 e. The third-order valence-electron chi connectivity index (χ3n) is 20.6. The Morgan fingerprint density at radius 2 is 1.19 bits per heavy atom. The van der Waals surface area contributed by atoms with Crippen molar-refractivity contribution < 1.29 is 112 Å². The Kier molecular flexibility index (Phi) is 27.6. The maximum absolute atomic E-state index is 15.0. The molecule has 0 bridgehead atoms. The topological polar surface area (TPSA) is 524 Å². The Bertz CT molecular complexity index is 4320. The molecule has 36 nitrogen and oxygen atoms in total. The summed E-state index contributed by atoms with van der Waals surface area (Å²) in [7, 11) is 0. The Balaban J connectivity index is 0.730. The van der Waals surface area contributed by atoms with E-state index in [1.54, 1.807) is 60.7 Å². The van der Waals surface area contributed by atoms with Crippen LogP contribution < -0.4 is 47.7 Å². The highest BCUT2D eigenvalue weighted by molar-refractivity contribution is 7.80. The number of hydrogen-bond donors (Lipinski definition) is 14. The first-order valence-electron chi connectivity index (χ1n) is 37.3. The van der Waals surface area contributed by atoms with E-state index in [1.165, 1.54) is 54.1 Å². The van der Waals surface area contributed by atoms with E-state index in [0.29, 0.717) is 66.6 Å². The molecular formula is C76H91N13O23S. The highest BCUT2D eigenvalue weighted by Gasteiger charge is 2.55. The van der Waals surface area contributed by atoms with E-state index in [-0.39, 0.29) is 104 Å². The van der Waals surface area contributed by atoms with Gasteiger partial charge in [-0.25, -0.2) is 4.79 Å². The van der Waals surface area contributed by atoms with Crippen LogP contribution in [0.1, 0.15) is 156 Å². The first-order chi connectivity index (χ1) is 53.9. The summed E-state index contributed by atoms with van der Waals surface area (Å²) in [6.07, 6.45) is -2.03. The van der Waals surface area contributed by atoms with Gasteiger partial charge in [0.2, 0.25) is 59.1 Å². The number of likely N-dealkylation sites (tertiary alicyclic amines) is 4. The van der Waals surface area contributed by atoms with E-state index in [9.17, 15) is 97.8 Å². The standard InChI is InChI=1S/C76H91N13O23S/c1-40(71(106)88-31-9-7-14-56(88)73(108)89-39-46(112-79-38-42-12-4-3-5-13-42)37-57(89)69(104)83-52(25-28-62(96)97)66(101)82-51(65(77)100)24-27-61(94)95)80-70(105)64(41(2)90)85-68(103)55-16-11-33-87(55)72(107)53(26-29-63(98)99)84-67(102)54-15-10-32-86(54)60(93)17-6-8-30-78-75(113)81-43-18-21-47-50(34-43)76(111-74(47)109)48-22-19-44(91)35-58(48)110-59-36-45(92)20-23-49(59)76/h3-5,12-13,18-23,34-36,38,40-41,46,51-57,64,90-92H,6-11,14-17,24-33,37,39H2,1-2H3,(H2,77,100)(H,80,105)(H,82,101)(H,83,104)(H,84,102)(H,85,103)(H,94,95)(H,96,97)(H,98,99)(H2,78,81,113)/b79-38-/t40-,41+,46+,51-,52-,53-,54-,55-,56?,57-,64-/m0/s1. The third-order valence-corrected chi connectivity index (χ3v) is 20.9. The lowest BCUT2D eigenvalue weighted by Gasteiger charge is -2.39. The second kappa shape index (κ2) is 37.3. The molecule has 4 aromatic carbocycles. The molecule has 0 aliphatic carbocycles. The van der Waals surface area contributed by atoms with Gasteiger partial charge in [0.15, 0.2) is 10.7 Å². The fourth-order valence-electron chi connectivity index (χ4n) is 15.0. The van der Waals surface area contributed by atoms with Crippen molar-refractivity contribution in [1.29, 1.82) is 0 Å². The summed E-state index contributed by atoms with van der Waals surface area (Å²) in [4.78, 5) is 200. The number of hydrogen-bond acceptors (Lipinski definition) is 22. The lowest BCUT2D eigenvalue weighted by Crippen LogP contribution is -2.62. The molecule has 1 unspecified atom stereocenters. The lowest BCUT2D eigenvalue weighted by atomic mass is 9.77. The van der Waals surface area contributed by atoms with Gasteiger partial charge in [-0.15, -0.1) is 0 Å². The molecule has 37 heteroatoms. The SMILES string of the molecule is C[C@H](NC(=O)[C@@H](NC(=O)[C@@H]1CCCN1C(=O)[C@H](CCC(=O)O)NC(=O)[C@@H]1CCCN1C(=O)CCCCNC(=S)Nc1ccc2c(c1)C1(OC2=O)c2ccc(O)cc2Oc2cc(O)ccc21)[C@@H](C)O)C(=O)N1CCCCC1C(=O)N1C[C@H](O/N=C\c2ccccc2)C[C@H]1C(=O)N[C@@H](CCC(=O)O)C(=O)N[C@@H](CCC(=O)O)C(N)=O. The van der Waals surface area contributed by atoms with Crippen molar-refractivity contribution in [2.24, 2.45) is 10.9 Å². The first kappa shape index (κ1) is 83.5. The number of thiocarbonyl (C=S) groups is 1. The molecule has 4 saturated heterocycles. The molecule has 4 fully saturated rings. The third kappa shape index (κ3) is 20.2. The number of rotatable bonds is 33. The van der Waals surface area contributed by atoms with Gasteiger partial charge in [0, 0.05) is 92.8 Å². The number of primary amides is 1. The number of aliphatic carboxylic acids is 3. The zero-order chi connectivity index (χ0) is 81.5. The van der Waals surface area contributed by atoms with Crippen molar-refractivity contribution in [3.8, 4) is 23.0 Å². The van der Waals surface area contributed by atoms with Crippen LogP contribution in [0.5, 0.6) is 23.0 Å². The van der Waals surface area contributed by atoms with Gasteiger partial charge in [-0.3, -0.25) is 62.3 Å². The molecule has 113 heavy (non-hydrogen) atoms. The first-order valence-corrected chi connectivity index (χ1v) is 37.7. The van der Waals surface area contributed by atoms with Crippen molar-refractivity contribution >= 4 is 112 Å². The van der Waals surface area contributed by atoms with E-state index in [1.807, 2.05) is 0 Å². The summed E-state index contributed by atoms with van der Waals surface area (Å²) in [5.41, 5.74) is 6.65. The Morgan fingerprint density at radius 3 is 1.83 bits per heavy atom. The highest BCUT2D eigenvalue weighted by Crippen LogP contribution is 2.57. The van der Waals surface area contributed by atoms with Gasteiger partial charge in [0.05, 0.1) is 24.4 Å². The van der Waals surface area contributed by atoms with E-state index < -0.39 is 188 Å². The number of benzene rings is 4. The molecule has 6 heterocycles. The number of aliphatic hydroxyl groups is 1. The number of oxime groups is 1. The molecule has 604 valence electrons. The molecule has 10 amide bonds. The van der Waals surface area contributed by atoms with Gasteiger partial charge in [-0.2, -0.15) is 0 Å². The summed E-state index contributed by atoms with van der Waals surface area (Å²) in [5, 5.41) is 83.2. The average Bonchev–Trinajstić information content (AvgIpc) is 1.60. The largest absolute Gasteiger partial charge is 0.508 e. The van der Waals surface area contributed by atoms with E-state index >= 15 is 0 Å². The molecule has 10 rings (SSSR count). The number of nitrogens with one attached hydrogen (secondary N) is 7. The fraction of sp³-hybridized carbons (Fsp3) is 0.474. The number of aliphatic hydroxyl groups excluding tert-OH is 1. The molecule has 6 aliphatic rings. The molecule has 1 spiro atoms. The number of carboxylic acid groups (broad SMARTS) is 3. The van der Waals surface area contributed by atoms with Crippen LogP contribution in [-0.2, 0) is 77.5 Å². The highest BCUT2D eigenvalue weighted by atomic mass is 32.1. The van der Waals surface area contributed by atoms with Crippen LogP contribution in [0.2, 0.25) is 0 Å². The molecule has 15 N–H and O–H groups in total. The van der Waals surface area contributed by atoms with Gasteiger partial charge >= 0.3 is 23.9 Å². The second-order valence-corrected chi connectivity index (χ2v) is 29.0. The number of anilines is 1. The molecule has 0 aromatic heterocycles. The van der Waals surface area contributed by atoms with Crippen molar-refractivity contribution in [2.45, 2.75) is 195 Å². The van der Waals surface area contributed by atoms with Crippen molar-refractivity contribution in [3.63, 3.8) is 0 Å². The number of ether oxygens (including phenoxy) is 2. The zero-order valence-corrected chi connectivity index (χ0v) is 62.7. The van der Waals surface area contributed by atoms with Gasteiger partial charge in [-0.05, 0) is 151 Å². The minimum absolute atomic E-state index is 0.0227. The van der Waals surface area contributed by atoms with Gasteiger partial charge in [0.25, 0.3) is 0 Å². The summed E-state index contributed by atoms with van der Waals surface area (Å²) in [5.74, 6) is -12.9. The second-order valence-electron chi connectivity index (χ2n) is 28.6. The predicted octanol–water partition coefficient (Wildman–Crippen LogP) is 1.41. The van der Waals surface area contributed by atoms with Crippen LogP contribution in [0.4, 0.5) is 5.69 Å². The van der Waals surface area contributed by atoms with Crippen LogP contribution in [0, 0.1) is 0 Å². The van der Waals surface area contributed by atoms with Gasteiger partial charge in [0.1, 0.15) is 83.5 Å². The van der Waals surface area contributed by atoms with E-state index in [2.05, 4.69) is 42.4 Å². The summed E-state index contributed by atoms with van der Waals surface area (Å²) in [6.45, 7) is 2.67. The van der Waals surface area contributed by atoms with Crippen LogP contribution in [-0.4, -0.2) is 244 Å². The number of nitrogens with zero attached hydrogens (tertiary/aromatic N) is 5. The summed E-state index contributed by atoms with van der Waals surface area (Å²) in [6, 6.07) is 9.59. The van der Waals surface area contributed by atoms with Crippen LogP contribution in [0.15, 0.2) is 90.1 Å². The normalized spacial score (nSPS) is 20.1. The Morgan fingerprint density at radius 1 is 0.619 bits per heavy atom. The molecule has 4 aromatic rings. The molecule has 0 radical (unpaired) electrons. The number of phenols is 2. The quantitative estimate of drug-likeness (QED) is 0.0105. The number of amides is 10. The maximum atomic E-state index is 15.0. The molecular weight excluding hydrogens is 1490 g/mol. The number of nitrogens with two attached hydrogens (primary N) is 1. The number of piperidine rings is 1. The monoisotopic (exact) mass is 1590 g/mol. The smallest absolute Gasteiger partial charge is 0.340 e. The Labute approximate surface area is 652 Å². The number of esters is 1. The van der Waals surface area contributed by atoms with Crippen LogP contribution in [0.25, 0.3) is 0 Å². The zero-order valence-electron chi connectivity index (χ0n) is 61.9. The maximum Gasteiger partial charge on any atom is 0.340 e. The number of aromatic hydroxyl groups is 2. The lowest BCUT2D eigenvalue weighted by molar-refractivity contribution is -0.151. The predicted molar refractivity (Wildman–Crippen MR) is 401 cm³/mol. The number of fused-ring (bicyclic) bond motifs is 6. The van der Waals surface area contributed by atoms with Crippen molar-refractivity contribution in [2.75, 3.05) is 38.0 Å². The molecule has 6 aliphatic heterocycles. The fourth-order valence-corrected chi connectivity index (χ4v) is 15.2. The van der Waals surface area contributed by atoms with E-state index in [0.717, 1.165) is 9.80 Å². The Hall–Kier alpha value is -12.0. The van der Waals surface area contributed by atoms with Crippen LogP contribution >= 0.6 is 12.2 Å². The number of carbonyl (C=O) groups excluding carboxylic acids is 11. The summed E-state index contributed by atoms with van der Waals surface area (Å²) >= 11 is 5.63. The number of carboxylic acids is 3. The van der Waals surface area contributed by atoms with E-state index in [4.69, 9.17) is 32.3 Å². The van der Waals surface area contributed by atoms with Gasteiger partial charge < -0.3 is 108 Å². The minimum atomic E-state index is -1.76. The van der Waals surface area contributed by atoms with Crippen molar-refractivity contribution in [1.82, 2.24) is 51.5 Å².